The molecule has 2 aliphatic rings. The maximum atomic E-state index is 3.72. The van der Waals surface area contributed by atoms with Crippen LogP contribution in [-0.4, -0.2) is 14.9 Å². The van der Waals surface area contributed by atoms with Crippen LogP contribution >= 0.6 is 0 Å². The van der Waals surface area contributed by atoms with Crippen molar-refractivity contribution in [1.29, 1.82) is 0 Å². The van der Waals surface area contributed by atoms with Gasteiger partial charge in [-0.25, -0.2) is 0 Å². The molecule has 0 amide bonds. The Balaban J connectivity index is 1.01. The number of nitrogens with zero attached hydrogens (tertiary/aromatic N) is 2. The van der Waals surface area contributed by atoms with E-state index in [4.69, 9.17) is 0 Å². The standard InChI is InChI=1S/C50H35N3/c1-30-11-3-6-15-45(30)53-48-23-20-32(27-41(48)42-14-9-10-24-50(42,53)2)31-18-21-43-37(25-31)38-26-33(19-22-44(38)51-43)34-28-39-35-12-4-7-16-46(35)52-47-17-8-5-13-36(47)40(29-34)49(39)52/h3-29,42,51H,1-2H3. The molecule has 2 unspecified atom stereocenters. The van der Waals surface area contributed by atoms with E-state index in [0.29, 0.717) is 0 Å². The zero-order chi connectivity index (χ0) is 35.0. The number of nitrogens with one attached hydrogen (secondary N) is 1. The molecule has 2 atom stereocenters. The molecule has 4 heterocycles. The van der Waals surface area contributed by atoms with Crippen molar-refractivity contribution in [1.82, 2.24) is 9.38 Å². The first kappa shape index (κ1) is 29.0. The van der Waals surface area contributed by atoms with E-state index in [1.54, 1.807) is 0 Å². The molecule has 1 N–H and O–H groups in total. The predicted molar refractivity (Wildman–Crippen MR) is 224 cm³/mol. The molecule has 3 nitrogen and oxygen atoms in total. The lowest BCUT2D eigenvalue weighted by atomic mass is 9.80. The zero-order valence-corrected chi connectivity index (χ0v) is 29.6. The molecule has 250 valence electrons. The van der Waals surface area contributed by atoms with Gasteiger partial charge in [0.05, 0.1) is 22.1 Å². The topological polar surface area (TPSA) is 23.4 Å². The second-order valence-electron chi connectivity index (χ2n) is 15.3. The van der Waals surface area contributed by atoms with E-state index in [-0.39, 0.29) is 11.5 Å². The number of aromatic amines is 1. The molecule has 7 aromatic carbocycles. The van der Waals surface area contributed by atoms with Crippen LogP contribution in [0.4, 0.5) is 11.4 Å². The van der Waals surface area contributed by atoms with Crippen molar-refractivity contribution < 1.29 is 0 Å². The number of rotatable bonds is 3. The minimum atomic E-state index is -0.168. The molecule has 1 aliphatic heterocycles. The molecule has 12 rings (SSSR count). The number of benzene rings is 7. The number of aromatic nitrogens is 2. The lowest BCUT2D eigenvalue weighted by Crippen LogP contribution is -2.42. The van der Waals surface area contributed by atoms with E-state index < -0.39 is 0 Å². The highest BCUT2D eigenvalue weighted by molar-refractivity contribution is 6.24. The number of para-hydroxylation sites is 3. The number of hydrogen-bond acceptors (Lipinski definition) is 1. The van der Waals surface area contributed by atoms with Crippen LogP contribution in [0, 0.1) is 6.92 Å². The minimum Gasteiger partial charge on any atom is -0.355 e. The number of hydrogen-bond donors (Lipinski definition) is 1. The van der Waals surface area contributed by atoms with Gasteiger partial charge in [0.1, 0.15) is 0 Å². The second kappa shape index (κ2) is 10.3. The second-order valence-corrected chi connectivity index (χ2v) is 15.3. The average molecular weight is 678 g/mol. The van der Waals surface area contributed by atoms with Gasteiger partial charge < -0.3 is 14.3 Å². The van der Waals surface area contributed by atoms with Crippen LogP contribution < -0.4 is 4.90 Å². The van der Waals surface area contributed by atoms with E-state index >= 15 is 0 Å². The van der Waals surface area contributed by atoms with Crippen molar-refractivity contribution in [3.63, 3.8) is 0 Å². The summed E-state index contributed by atoms with van der Waals surface area (Å²) in [6, 6.07) is 52.1. The van der Waals surface area contributed by atoms with Crippen molar-refractivity contribution in [2.45, 2.75) is 25.3 Å². The fraction of sp³-hybridized carbons (Fsp3) is 0.0800. The number of H-pyrrole nitrogens is 1. The Morgan fingerprint density at radius 3 is 1.81 bits per heavy atom. The van der Waals surface area contributed by atoms with Crippen LogP contribution in [0.3, 0.4) is 0 Å². The molecule has 0 spiro atoms. The molecular weight excluding hydrogens is 643 g/mol. The van der Waals surface area contributed by atoms with Crippen LogP contribution in [0.25, 0.3) is 82.2 Å². The Morgan fingerprint density at radius 2 is 1.11 bits per heavy atom. The summed E-state index contributed by atoms with van der Waals surface area (Å²) in [6.45, 7) is 4.59. The van der Waals surface area contributed by atoms with Crippen molar-refractivity contribution in [3.05, 3.63) is 175 Å². The zero-order valence-electron chi connectivity index (χ0n) is 29.6. The Hall–Kier alpha value is -6.58. The smallest absolute Gasteiger partial charge is 0.0712 e. The Labute approximate surface area is 307 Å². The number of allylic oxidation sites excluding steroid dienone is 2. The fourth-order valence-electron chi connectivity index (χ4n) is 9.88. The molecule has 0 fully saturated rings. The molecule has 3 heteroatoms. The van der Waals surface area contributed by atoms with Gasteiger partial charge in [0, 0.05) is 60.6 Å². The summed E-state index contributed by atoms with van der Waals surface area (Å²) in [7, 11) is 0. The molecular formula is C50H35N3. The fourth-order valence-corrected chi connectivity index (χ4v) is 9.88. The summed E-state index contributed by atoms with van der Waals surface area (Å²) >= 11 is 0. The lowest BCUT2D eigenvalue weighted by molar-refractivity contribution is 0.541. The van der Waals surface area contributed by atoms with Crippen molar-refractivity contribution >= 4 is 71.3 Å². The number of fused-ring (bicyclic) bond motifs is 12. The Bertz CT molecular complexity index is 3140. The summed E-state index contributed by atoms with van der Waals surface area (Å²) in [5, 5.41) is 7.71. The van der Waals surface area contributed by atoms with E-state index in [2.05, 4.69) is 192 Å². The molecule has 3 aromatic heterocycles. The van der Waals surface area contributed by atoms with Crippen LogP contribution in [0.5, 0.6) is 0 Å². The first-order valence-corrected chi connectivity index (χ1v) is 18.6. The quantitative estimate of drug-likeness (QED) is 0.198. The van der Waals surface area contributed by atoms with Gasteiger partial charge in [-0.3, -0.25) is 0 Å². The van der Waals surface area contributed by atoms with Gasteiger partial charge in [-0.15, -0.1) is 0 Å². The normalized spacial score (nSPS) is 18.1. The first-order valence-electron chi connectivity index (χ1n) is 18.6. The lowest BCUT2D eigenvalue weighted by Gasteiger charge is -2.40. The summed E-state index contributed by atoms with van der Waals surface area (Å²) in [5.74, 6) is 0.265. The van der Waals surface area contributed by atoms with Gasteiger partial charge in [-0.1, -0.05) is 97.1 Å². The van der Waals surface area contributed by atoms with Crippen LogP contribution in [0.2, 0.25) is 0 Å². The van der Waals surface area contributed by atoms with Gasteiger partial charge in [0.15, 0.2) is 0 Å². The molecule has 0 saturated heterocycles. The largest absolute Gasteiger partial charge is 0.355 e. The SMILES string of the molecule is Cc1ccccc1N1c2ccc(-c3ccc4[nH]c5ccc(-c6cc7c8ccccc8n8c9ccccc9c(c6)c78)cc5c4c3)cc2C2C=CC=CC21C. The summed E-state index contributed by atoms with van der Waals surface area (Å²) < 4.78 is 2.45. The molecule has 10 aromatic rings. The third-order valence-electron chi connectivity index (χ3n) is 12.4. The van der Waals surface area contributed by atoms with E-state index in [0.717, 1.165) is 11.0 Å². The number of anilines is 2. The third kappa shape index (κ3) is 3.84. The van der Waals surface area contributed by atoms with Gasteiger partial charge in [-0.2, -0.15) is 0 Å². The maximum Gasteiger partial charge on any atom is 0.0712 e. The molecule has 0 saturated carbocycles. The molecule has 0 radical (unpaired) electrons. The van der Waals surface area contributed by atoms with Gasteiger partial charge in [0.25, 0.3) is 0 Å². The van der Waals surface area contributed by atoms with Crippen molar-refractivity contribution in [3.8, 4) is 22.3 Å². The summed E-state index contributed by atoms with van der Waals surface area (Å²) in [5.41, 5.74) is 16.2. The van der Waals surface area contributed by atoms with Crippen molar-refractivity contribution in [2.24, 2.45) is 0 Å². The minimum absolute atomic E-state index is 0.168. The van der Waals surface area contributed by atoms with E-state index in [1.807, 2.05) is 0 Å². The summed E-state index contributed by atoms with van der Waals surface area (Å²) in [4.78, 5) is 6.27. The highest BCUT2D eigenvalue weighted by atomic mass is 15.2. The van der Waals surface area contributed by atoms with E-state index in [9.17, 15) is 0 Å². The van der Waals surface area contributed by atoms with Crippen molar-refractivity contribution in [2.75, 3.05) is 4.90 Å². The highest BCUT2D eigenvalue weighted by Gasteiger charge is 2.47. The monoisotopic (exact) mass is 677 g/mol. The van der Waals surface area contributed by atoms with Crippen LogP contribution in [-0.2, 0) is 0 Å². The highest BCUT2D eigenvalue weighted by Crippen LogP contribution is 2.55. The number of aryl methyl sites for hydroxylation is 1. The van der Waals surface area contributed by atoms with Crippen LogP contribution in [0.15, 0.2) is 164 Å². The van der Waals surface area contributed by atoms with Gasteiger partial charge in [-0.05, 0) is 114 Å². The average Bonchev–Trinajstić information content (AvgIpc) is 3.91. The Morgan fingerprint density at radius 1 is 0.528 bits per heavy atom. The third-order valence-corrected chi connectivity index (χ3v) is 12.4. The molecule has 0 bridgehead atoms. The maximum absolute atomic E-state index is 3.72. The molecule has 1 aliphatic carbocycles. The summed E-state index contributed by atoms with van der Waals surface area (Å²) in [6.07, 6.45) is 9.17. The van der Waals surface area contributed by atoms with Gasteiger partial charge in [0.2, 0.25) is 0 Å². The van der Waals surface area contributed by atoms with E-state index in [1.165, 1.54) is 93.6 Å². The van der Waals surface area contributed by atoms with Gasteiger partial charge >= 0.3 is 0 Å². The predicted octanol–water partition coefficient (Wildman–Crippen LogP) is 13.2. The van der Waals surface area contributed by atoms with Crippen LogP contribution in [0.1, 0.15) is 24.0 Å². The first-order chi connectivity index (χ1) is 26.0. The molecule has 53 heavy (non-hydrogen) atoms. The Kier molecular flexibility index (Phi) is 5.63.